The summed E-state index contributed by atoms with van der Waals surface area (Å²) in [7, 11) is 1.31. The van der Waals surface area contributed by atoms with Crippen molar-refractivity contribution >= 4 is 0 Å². The van der Waals surface area contributed by atoms with Gasteiger partial charge in [-0.2, -0.15) is 0 Å². The van der Waals surface area contributed by atoms with Crippen LogP contribution in [0.5, 0.6) is 0 Å². The number of nitrogens with two attached hydrogens (primary N) is 1. The molecule has 0 saturated heterocycles. The van der Waals surface area contributed by atoms with E-state index in [-0.39, 0.29) is 6.90 Å². The fourth-order valence-corrected chi connectivity index (χ4v) is 0.148. The molecule has 2 atom stereocenters. The second-order valence-corrected chi connectivity index (χ2v) is 1.22. The molecule has 7 heavy (non-hydrogen) atoms. The zero-order chi connectivity index (χ0) is 6.57. The van der Waals surface area contributed by atoms with Crippen molar-refractivity contribution in [3.8, 4) is 0 Å². The number of ether oxygens (including phenoxy) is 1. The zero-order valence-corrected chi connectivity index (χ0v) is 4.23. The molecule has 0 radical (unpaired) electrons. The van der Waals surface area contributed by atoms with E-state index < -0.39 is 12.4 Å². The third kappa shape index (κ3) is 2.53. The van der Waals surface area contributed by atoms with Crippen LogP contribution in [0, 0.1) is 0 Å². The van der Waals surface area contributed by atoms with Gasteiger partial charge in [-0.15, -0.1) is 0 Å². The Morgan fingerprint density at radius 2 is 2.57 bits per heavy atom. The van der Waals surface area contributed by atoms with Gasteiger partial charge in [-0.25, -0.2) is 4.39 Å². The van der Waals surface area contributed by atoms with Crippen molar-refractivity contribution in [2.45, 2.75) is 19.3 Å². The van der Waals surface area contributed by atoms with Crippen molar-refractivity contribution in [2.24, 2.45) is 5.73 Å². The number of halogens is 1. The molecule has 0 amide bonds. The van der Waals surface area contributed by atoms with E-state index in [2.05, 4.69) is 4.74 Å². The van der Waals surface area contributed by atoms with Crippen LogP contribution in [0.4, 0.5) is 4.39 Å². The zero-order valence-electron chi connectivity index (χ0n) is 5.23. The molecule has 0 bridgehead atoms. The summed E-state index contributed by atoms with van der Waals surface area (Å²) < 4.78 is 23.0. The van der Waals surface area contributed by atoms with Crippen LogP contribution in [0.1, 0.15) is 8.27 Å². The van der Waals surface area contributed by atoms with Crippen molar-refractivity contribution in [1.82, 2.24) is 0 Å². The van der Waals surface area contributed by atoms with E-state index in [1.165, 1.54) is 7.11 Å². The molecular weight excluding hydrogens is 97.0 g/mol. The predicted molar refractivity (Wildman–Crippen MR) is 25.6 cm³/mol. The Morgan fingerprint density at radius 1 is 2.00 bits per heavy atom. The third-order valence-electron chi connectivity index (χ3n) is 0.629. The molecule has 0 heterocycles. The fraction of sp³-hybridized carbons (Fsp3) is 1.00. The van der Waals surface area contributed by atoms with E-state index >= 15 is 0 Å². The Morgan fingerprint density at radius 3 is 2.71 bits per heavy atom. The Bertz CT molecular complexity index is 56.0. The highest BCUT2D eigenvalue weighted by Crippen LogP contribution is 1.92. The second-order valence-electron chi connectivity index (χ2n) is 1.22. The van der Waals surface area contributed by atoms with Crippen molar-refractivity contribution in [1.29, 1.82) is 0 Å². The summed E-state index contributed by atoms with van der Waals surface area (Å²) in [6.07, 6.45) is -2.30. The minimum absolute atomic E-state index is 0.338. The molecule has 0 spiro atoms. The summed E-state index contributed by atoms with van der Waals surface area (Å²) >= 11 is 0. The fourth-order valence-electron chi connectivity index (χ4n) is 0.148. The van der Waals surface area contributed by atoms with Gasteiger partial charge in [-0.05, 0) is 6.90 Å². The molecule has 2 nitrogen and oxygen atoms in total. The maximum Gasteiger partial charge on any atom is 0.136 e. The lowest BCUT2D eigenvalue weighted by molar-refractivity contribution is 0.0451. The van der Waals surface area contributed by atoms with Crippen LogP contribution in [0.15, 0.2) is 0 Å². The van der Waals surface area contributed by atoms with Gasteiger partial charge in [-0.3, -0.25) is 0 Å². The first-order chi connectivity index (χ1) is 3.72. The quantitative estimate of drug-likeness (QED) is 0.515. The molecule has 0 fully saturated rings. The summed E-state index contributed by atoms with van der Waals surface area (Å²) in [6.45, 7) is -0.338. The van der Waals surface area contributed by atoms with E-state index in [9.17, 15) is 4.39 Å². The second kappa shape index (κ2) is 2.93. The van der Waals surface area contributed by atoms with Crippen molar-refractivity contribution in [3.05, 3.63) is 0 Å². The maximum atomic E-state index is 12.1. The largest absolute Gasteiger partial charge is 0.364 e. The van der Waals surface area contributed by atoms with Gasteiger partial charge >= 0.3 is 0 Å². The molecule has 0 aromatic carbocycles. The van der Waals surface area contributed by atoms with Crippen LogP contribution >= 0.6 is 0 Å². The lowest BCUT2D eigenvalue weighted by atomic mass is 10.4. The monoisotopic (exact) mass is 108 g/mol. The van der Waals surface area contributed by atoms with Crippen LogP contribution in [0.2, 0.25) is 0 Å². The normalized spacial score (nSPS) is 20.7. The van der Waals surface area contributed by atoms with Crippen molar-refractivity contribution in [3.63, 3.8) is 0 Å². The van der Waals surface area contributed by atoms with Crippen LogP contribution < -0.4 is 5.73 Å². The summed E-state index contributed by atoms with van der Waals surface area (Å²) in [4.78, 5) is 0. The Hall–Kier alpha value is -0.150. The van der Waals surface area contributed by atoms with Gasteiger partial charge in [0.1, 0.15) is 12.4 Å². The van der Waals surface area contributed by atoms with Crippen LogP contribution in [0.25, 0.3) is 0 Å². The molecule has 0 aromatic heterocycles. The van der Waals surface area contributed by atoms with Gasteiger partial charge in [0.05, 0.1) is 0 Å². The highest BCUT2D eigenvalue weighted by molar-refractivity contribution is 4.52. The third-order valence-corrected chi connectivity index (χ3v) is 0.629. The van der Waals surface area contributed by atoms with Crippen LogP contribution in [0.3, 0.4) is 0 Å². The standard InChI is InChI=1S/C4H10FNO/c1-3(5)4(6)7-2/h3-4H,6H2,1-2H3/t3?,4-/m1/s1/i1D. The summed E-state index contributed by atoms with van der Waals surface area (Å²) in [5.74, 6) is 0. The van der Waals surface area contributed by atoms with E-state index in [0.717, 1.165) is 0 Å². The van der Waals surface area contributed by atoms with Crippen LogP contribution in [-0.4, -0.2) is 19.5 Å². The molecule has 44 valence electrons. The minimum Gasteiger partial charge on any atom is -0.364 e. The summed E-state index contributed by atoms with van der Waals surface area (Å²) in [5.41, 5.74) is 5.01. The lowest BCUT2D eigenvalue weighted by Crippen LogP contribution is -2.30. The molecule has 3 heteroatoms. The van der Waals surface area contributed by atoms with E-state index in [0.29, 0.717) is 0 Å². The van der Waals surface area contributed by atoms with E-state index in [1.807, 2.05) is 0 Å². The van der Waals surface area contributed by atoms with Gasteiger partial charge in [0.25, 0.3) is 0 Å². The maximum absolute atomic E-state index is 12.1. The average Bonchev–Trinajstić information content (AvgIpc) is 1.84. The molecule has 0 aliphatic rings. The first-order valence-electron chi connectivity index (χ1n) is 2.64. The van der Waals surface area contributed by atoms with Gasteiger partial charge in [-0.1, -0.05) is 0 Å². The van der Waals surface area contributed by atoms with Crippen molar-refractivity contribution < 1.29 is 10.5 Å². The van der Waals surface area contributed by atoms with Crippen molar-refractivity contribution in [2.75, 3.05) is 7.11 Å². The molecule has 0 aliphatic heterocycles. The average molecular weight is 108 g/mol. The SMILES string of the molecule is [2H]CC(F)[C@H](N)OC. The van der Waals surface area contributed by atoms with Gasteiger partial charge < -0.3 is 10.5 Å². The number of methoxy groups -OCH3 is 1. The molecule has 0 rings (SSSR count). The Kier molecular flexibility index (Phi) is 2.09. The van der Waals surface area contributed by atoms with E-state index in [1.54, 1.807) is 0 Å². The molecule has 0 aromatic rings. The van der Waals surface area contributed by atoms with Crippen LogP contribution in [-0.2, 0) is 4.74 Å². The summed E-state index contributed by atoms with van der Waals surface area (Å²) in [6, 6.07) is 0. The number of alkyl halides is 1. The predicted octanol–water partition coefficient (Wildman–Crippen LogP) is 0.276. The Balaban J connectivity index is 3.29. The topological polar surface area (TPSA) is 35.2 Å². The van der Waals surface area contributed by atoms with Gasteiger partial charge in [0, 0.05) is 8.48 Å². The highest BCUT2D eigenvalue weighted by atomic mass is 19.1. The molecule has 2 N–H and O–H groups in total. The molecular formula is C4H10FNO. The smallest absolute Gasteiger partial charge is 0.136 e. The lowest BCUT2D eigenvalue weighted by Gasteiger charge is -2.08. The molecule has 0 saturated carbocycles. The number of hydrogen-bond donors (Lipinski definition) is 1. The van der Waals surface area contributed by atoms with Gasteiger partial charge in [0.2, 0.25) is 0 Å². The summed E-state index contributed by atoms with van der Waals surface area (Å²) in [5, 5.41) is 0. The number of rotatable bonds is 2. The highest BCUT2D eigenvalue weighted by Gasteiger charge is 2.07. The number of hydrogen-bond acceptors (Lipinski definition) is 2. The molecule has 1 unspecified atom stereocenters. The Labute approximate surface area is 43.9 Å². The van der Waals surface area contributed by atoms with E-state index in [4.69, 9.17) is 7.10 Å². The van der Waals surface area contributed by atoms with Gasteiger partial charge in [0.15, 0.2) is 0 Å². The first kappa shape index (κ1) is 5.00. The first-order valence-corrected chi connectivity index (χ1v) is 1.94. The molecule has 0 aliphatic carbocycles. The minimum atomic E-state index is -1.36.